The molecule has 0 saturated carbocycles. The summed E-state index contributed by atoms with van der Waals surface area (Å²) in [6.45, 7) is 3.19. The Balaban J connectivity index is 1.97. The van der Waals surface area contributed by atoms with Crippen LogP contribution in [0, 0.1) is 0 Å². The van der Waals surface area contributed by atoms with Crippen LogP contribution in [0.5, 0.6) is 0 Å². The van der Waals surface area contributed by atoms with Gasteiger partial charge in [0.2, 0.25) is 0 Å². The molecule has 0 radical (unpaired) electrons. The highest BCUT2D eigenvalue weighted by atomic mass is 16.1. The van der Waals surface area contributed by atoms with Crippen LogP contribution in [-0.4, -0.2) is 41.5 Å². The highest BCUT2D eigenvalue weighted by molar-refractivity contribution is 5.94. The number of carbonyl (C=O) groups is 1. The number of piperidine rings is 1. The molecule has 2 atom stereocenters. The molecule has 1 aromatic heterocycles. The van der Waals surface area contributed by atoms with Gasteiger partial charge in [0.25, 0.3) is 5.91 Å². The number of nitrogens with one attached hydrogen (secondary N) is 2. The number of nitrogens with zero attached hydrogens (tertiary/aromatic N) is 2. The number of hydrazine groups is 1. The fourth-order valence-electron chi connectivity index (χ4n) is 2.34. The third-order valence-corrected chi connectivity index (χ3v) is 3.71. The summed E-state index contributed by atoms with van der Waals surface area (Å²) in [5.41, 5.74) is 3.02. The van der Waals surface area contributed by atoms with Crippen molar-refractivity contribution in [1.82, 2.24) is 15.2 Å². The highest BCUT2D eigenvalue weighted by Crippen LogP contribution is 2.16. The first-order chi connectivity index (χ1) is 9.10. The quantitative estimate of drug-likeness (QED) is 0.549. The Morgan fingerprint density at radius 3 is 3.05 bits per heavy atom. The standard InChI is InChI=1S/C13H21N5O/c1-9-7-11(4-6-18(9)2)16-13(19)10-3-5-15-12(8-10)17-14/h3,5,8-9,11H,4,6-7,14H2,1-2H3,(H,15,17)(H,16,19). The zero-order chi connectivity index (χ0) is 13.8. The first-order valence-electron chi connectivity index (χ1n) is 6.54. The first-order valence-corrected chi connectivity index (χ1v) is 6.54. The number of rotatable bonds is 3. The molecule has 4 N–H and O–H groups in total. The molecule has 1 saturated heterocycles. The molecule has 6 nitrogen and oxygen atoms in total. The largest absolute Gasteiger partial charge is 0.349 e. The second-order valence-electron chi connectivity index (χ2n) is 5.10. The number of amides is 1. The van der Waals surface area contributed by atoms with E-state index in [1.165, 1.54) is 0 Å². The Hall–Kier alpha value is -1.66. The molecule has 19 heavy (non-hydrogen) atoms. The van der Waals surface area contributed by atoms with Crippen LogP contribution >= 0.6 is 0 Å². The SMILES string of the molecule is CC1CC(NC(=O)c2ccnc(NN)c2)CCN1C. The number of hydrogen-bond donors (Lipinski definition) is 3. The van der Waals surface area contributed by atoms with Gasteiger partial charge in [0, 0.05) is 30.4 Å². The van der Waals surface area contributed by atoms with Crippen molar-refractivity contribution in [3.8, 4) is 0 Å². The molecule has 0 bridgehead atoms. The van der Waals surface area contributed by atoms with Crippen LogP contribution in [0.3, 0.4) is 0 Å². The second kappa shape index (κ2) is 5.99. The van der Waals surface area contributed by atoms with E-state index in [0.29, 0.717) is 17.4 Å². The summed E-state index contributed by atoms with van der Waals surface area (Å²) in [5, 5.41) is 3.08. The summed E-state index contributed by atoms with van der Waals surface area (Å²) in [5.74, 6) is 5.71. The van der Waals surface area contributed by atoms with E-state index in [9.17, 15) is 4.79 Å². The summed E-state index contributed by atoms with van der Waals surface area (Å²) < 4.78 is 0. The molecule has 0 aromatic carbocycles. The van der Waals surface area contributed by atoms with Crippen molar-refractivity contribution in [3.05, 3.63) is 23.9 Å². The van der Waals surface area contributed by atoms with E-state index in [1.807, 2.05) is 0 Å². The first kappa shape index (κ1) is 13.8. The van der Waals surface area contributed by atoms with E-state index in [0.717, 1.165) is 19.4 Å². The number of nitrogens with two attached hydrogens (primary N) is 1. The minimum atomic E-state index is -0.0688. The smallest absolute Gasteiger partial charge is 0.251 e. The van der Waals surface area contributed by atoms with Crippen LogP contribution in [0.1, 0.15) is 30.1 Å². The van der Waals surface area contributed by atoms with Crippen LogP contribution < -0.4 is 16.6 Å². The van der Waals surface area contributed by atoms with Gasteiger partial charge in [-0.15, -0.1) is 0 Å². The summed E-state index contributed by atoms with van der Waals surface area (Å²) in [4.78, 5) is 18.4. The Morgan fingerprint density at radius 1 is 1.58 bits per heavy atom. The number of nitrogen functional groups attached to an aromatic ring is 1. The van der Waals surface area contributed by atoms with E-state index in [1.54, 1.807) is 18.3 Å². The zero-order valence-electron chi connectivity index (χ0n) is 11.4. The molecule has 1 fully saturated rings. The number of carbonyl (C=O) groups excluding carboxylic acids is 1. The average Bonchev–Trinajstić information content (AvgIpc) is 2.43. The van der Waals surface area contributed by atoms with Crippen LogP contribution in [-0.2, 0) is 0 Å². The fourth-order valence-corrected chi connectivity index (χ4v) is 2.34. The van der Waals surface area contributed by atoms with Crippen molar-refractivity contribution in [2.75, 3.05) is 19.0 Å². The molecule has 0 spiro atoms. The maximum Gasteiger partial charge on any atom is 0.251 e. The van der Waals surface area contributed by atoms with Gasteiger partial charge in [0.05, 0.1) is 0 Å². The fraction of sp³-hybridized carbons (Fsp3) is 0.538. The number of pyridine rings is 1. The lowest BCUT2D eigenvalue weighted by molar-refractivity contribution is 0.0896. The van der Waals surface area contributed by atoms with Crippen LogP contribution in [0.15, 0.2) is 18.3 Å². The maximum atomic E-state index is 12.1. The number of likely N-dealkylation sites (tertiary alicyclic amines) is 1. The van der Waals surface area contributed by atoms with E-state index >= 15 is 0 Å². The maximum absolute atomic E-state index is 12.1. The molecule has 0 aliphatic carbocycles. The van der Waals surface area contributed by atoms with Gasteiger partial charge in [-0.25, -0.2) is 10.8 Å². The molecule has 1 amide bonds. The predicted molar refractivity (Wildman–Crippen MR) is 74.6 cm³/mol. The van der Waals surface area contributed by atoms with Crippen molar-refractivity contribution in [3.63, 3.8) is 0 Å². The van der Waals surface area contributed by atoms with Gasteiger partial charge >= 0.3 is 0 Å². The predicted octanol–water partition coefficient (Wildman–Crippen LogP) is 0.580. The van der Waals surface area contributed by atoms with Crippen LogP contribution in [0.2, 0.25) is 0 Å². The summed E-state index contributed by atoms with van der Waals surface area (Å²) in [6, 6.07) is 4.07. The lowest BCUT2D eigenvalue weighted by Gasteiger charge is -2.35. The van der Waals surface area contributed by atoms with E-state index in [2.05, 4.69) is 34.6 Å². The van der Waals surface area contributed by atoms with Crippen molar-refractivity contribution < 1.29 is 4.79 Å². The van der Waals surface area contributed by atoms with E-state index < -0.39 is 0 Å². The molecule has 1 aromatic rings. The molecule has 2 heterocycles. The molecule has 6 heteroatoms. The van der Waals surface area contributed by atoms with Gasteiger partial charge in [-0.3, -0.25) is 4.79 Å². The molecule has 2 unspecified atom stereocenters. The lowest BCUT2D eigenvalue weighted by Crippen LogP contribution is -2.47. The molecule has 104 valence electrons. The summed E-state index contributed by atoms with van der Waals surface area (Å²) in [7, 11) is 2.12. The van der Waals surface area contributed by atoms with Gasteiger partial charge in [-0.2, -0.15) is 0 Å². The number of hydrogen-bond acceptors (Lipinski definition) is 5. The van der Waals surface area contributed by atoms with Crippen molar-refractivity contribution in [1.29, 1.82) is 0 Å². The second-order valence-corrected chi connectivity index (χ2v) is 5.10. The summed E-state index contributed by atoms with van der Waals surface area (Å²) >= 11 is 0. The topological polar surface area (TPSA) is 83.3 Å². The van der Waals surface area contributed by atoms with E-state index in [4.69, 9.17) is 5.84 Å². The number of anilines is 1. The minimum Gasteiger partial charge on any atom is -0.349 e. The van der Waals surface area contributed by atoms with Crippen LogP contribution in [0.25, 0.3) is 0 Å². The molecular formula is C13H21N5O. The Morgan fingerprint density at radius 2 is 2.37 bits per heavy atom. The van der Waals surface area contributed by atoms with Crippen molar-refractivity contribution in [2.45, 2.75) is 31.8 Å². The average molecular weight is 263 g/mol. The van der Waals surface area contributed by atoms with Gasteiger partial charge in [-0.1, -0.05) is 0 Å². The molecule has 1 aliphatic rings. The Bertz CT molecular complexity index is 450. The molecule has 1 aliphatic heterocycles. The number of aromatic nitrogens is 1. The Labute approximate surface area is 113 Å². The zero-order valence-corrected chi connectivity index (χ0v) is 11.4. The van der Waals surface area contributed by atoms with Gasteiger partial charge < -0.3 is 15.6 Å². The van der Waals surface area contributed by atoms with Crippen molar-refractivity contribution >= 4 is 11.7 Å². The third-order valence-electron chi connectivity index (χ3n) is 3.71. The normalized spacial score (nSPS) is 23.9. The minimum absolute atomic E-state index is 0.0688. The third kappa shape index (κ3) is 3.42. The van der Waals surface area contributed by atoms with E-state index in [-0.39, 0.29) is 11.9 Å². The molecule has 2 rings (SSSR count). The molecular weight excluding hydrogens is 242 g/mol. The van der Waals surface area contributed by atoms with Gasteiger partial charge in [-0.05, 0) is 38.9 Å². The van der Waals surface area contributed by atoms with Crippen molar-refractivity contribution in [2.24, 2.45) is 5.84 Å². The Kier molecular flexibility index (Phi) is 4.34. The monoisotopic (exact) mass is 263 g/mol. The summed E-state index contributed by atoms with van der Waals surface area (Å²) in [6.07, 6.45) is 3.54. The lowest BCUT2D eigenvalue weighted by atomic mass is 9.98. The van der Waals surface area contributed by atoms with Crippen LogP contribution in [0.4, 0.5) is 5.82 Å². The van der Waals surface area contributed by atoms with Gasteiger partial charge in [0.1, 0.15) is 5.82 Å². The highest BCUT2D eigenvalue weighted by Gasteiger charge is 2.24. The van der Waals surface area contributed by atoms with Gasteiger partial charge in [0.15, 0.2) is 0 Å².